The van der Waals surface area contributed by atoms with Crippen molar-refractivity contribution in [1.29, 1.82) is 0 Å². The Kier molecular flexibility index (Phi) is 8.23. The van der Waals surface area contributed by atoms with Gasteiger partial charge in [-0.05, 0) is 37.1 Å². The summed E-state index contributed by atoms with van der Waals surface area (Å²) in [4.78, 5) is 4.86. The van der Waals surface area contributed by atoms with Crippen molar-refractivity contribution in [3.05, 3.63) is 71.6 Å². The smallest absolute Gasteiger partial charge is 0.123 e. The number of aliphatic hydroxyl groups is 1. The van der Waals surface area contributed by atoms with Crippen molar-refractivity contribution in [1.82, 2.24) is 9.80 Å². The predicted molar refractivity (Wildman–Crippen MR) is 115 cm³/mol. The molecule has 0 radical (unpaired) electrons. The van der Waals surface area contributed by atoms with Crippen LogP contribution >= 0.6 is 0 Å². The van der Waals surface area contributed by atoms with Gasteiger partial charge in [-0.15, -0.1) is 0 Å². The highest BCUT2D eigenvalue weighted by Crippen LogP contribution is 2.23. The van der Waals surface area contributed by atoms with Gasteiger partial charge in [-0.25, -0.2) is 4.39 Å². The Balaban J connectivity index is 1.58. The number of rotatable bonds is 9. The van der Waals surface area contributed by atoms with Gasteiger partial charge in [0.15, 0.2) is 0 Å². The van der Waals surface area contributed by atoms with E-state index in [1.54, 1.807) is 12.1 Å². The van der Waals surface area contributed by atoms with E-state index in [2.05, 4.69) is 28.0 Å². The van der Waals surface area contributed by atoms with Gasteiger partial charge < -0.3 is 9.84 Å². The van der Waals surface area contributed by atoms with Crippen LogP contribution in [0.15, 0.2) is 54.6 Å². The first kappa shape index (κ1) is 21.5. The molecule has 1 saturated heterocycles. The predicted octanol–water partition coefficient (Wildman–Crippen LogP) is 3.81. The van der Waals surface area contributed by atoms with Gasteiger partial charge in [0.05, 0.1) is 6.61 Å². The van der Waals surface area contributed by atoms with E-state index in [0.717, 1.165) is 50.5 Å². The van der Waals surface area contributed by atoms with Crippen LogP contribution < -0.4 is 4.74 Å². The van der Waals surface area contributed by atoms with E-state index < -0.39 is 0 Å². The number of halogens is 1. The molecular formula is C24H31FN2O2. The largest absolute Gasteiger partial charge is 0.494 e. The molecule has 1 atom stereocenters. The topological polar surface area (TPSA) is 35.9 Å². The zero-order valence-corrected chi connectivity index (χ0v) is 17.1. The fourth-order valence-electron chi connectivity index (χ4n) is 3.82. The van der Waals surface area contributed by atoms with Gasteiger partial charge >= 0.3 is 0 Å². The van der Waals surface area contributed by atoms with E-state index in [0.29, 0.717) is 12.6 Å². The van der Waals surface area contributed by atoms with Crippen LogP contribution in [0.5, 0.6) is 5.75 Å². The van der Waals surface area contributed by atoms with Crippen molar-refractivity contribution in [3.63, 3.8) is 0 Å². The first-order valence-electron chi connectivity index (χ1n) is 10.4. The summed E-state index contributed by atoms with van der Waals surface area (Å²) in [5.41, 5.74) is 2.20. The van der Waals surface area contributed by atoms with Gasteiger partial charge in [-0.3, -0.25) is 9.80 Å². The molecule has 0 aliphatic carbocycles. The van der Waals surface area contributed by atoms with Crippen LogP contribution in [0.1, 0.15) is 24.5 Å². The third-order valence-corrected chi connectivity index (χ3v) is 5.34. The van der Waals surface area contributed by atoms with E-state index >= 15 is 0 Å². The number of para-hydroxylation sites is 1. The summed E-state index contributed by atoms with van der Waals surface area (Å²) in [6.45, 7) is 7.39. The SMILES string of the molecule is CCOc1ccccc1CN1CCN(CC=Cc2ccc(F)cc2)CC1CCO. The molecule has 1 aliphatic heterocycles. The molecule has 5 heteroatoms. The Morgan fingerprint density at radius 3 is 2.69 bits per heavy atom. The lowest BCUT2D eigenvalue weighted by Crippen LogP contribution is -2.52. The highest BCUT2D eigenvalue weighted by molar-refractivity contribution is 5.49. The zero-order chi connectivity index (χ0) is 20.5. The molecule has 0 spiro atoms. The normalized spacial score (nSPS) is 18.4. The van der Waals surface area contributed by atoms with Crippen LogP contribution in [-0.4, -0.2) is 60.3 Å². The number of nitrogens with zero attached hydrogens (tertiary/aromatic N) is 2. The standard InChI is InChI=1S/C24H31FN2O2/c1-2-29-24-8-4-3-7-21(24)18-27-16-15-26(19-23(27)13-17-28)14-5-6-20-9-11-22(25)12-10-20/h3-12,23,28H,2,13-19H2,1H3. The molecule has 0 amide bonds. The lowest BCUT2D eigenvalue weighted by Gasteiger charge is -2.41. The average Bonchev–Trinajstić information content (AvgIpc) is 2.73. The van der Waals surface area contributed by atoms with Crippen molar-refractivity contribution in [2.45, 2.75) is 25.9 Å². The number of hydrogen-bond donors (Lipinski definition) is 1. The Morgan fingerprint density at radius 2 is 1.93 bits per heavy atom. The lowest BCUT2D eigenvalue weighted by atomic mass is 10.1. The minimum atomic E-state index is -0.212. The molecule has 1 heterocycles. The third-order valence-electron chi connectivity index (χ3n) is 5.34. The summed E-state index contributed by atoms with van der Waals surface area (Å²) in [5, 5.41) is 9.56. The van der Waals surface area contributed by atoms with Crippen molar-refractivity contribution < 1.29 is 14.2 Å². The molecule has 1 aliphatic rings. The summed E-state index contributed by atoms with van der Waals surface area (Å²) in [7, 11) is 0. The van der Waals surface area contributed by atoms with Crippen molar-refractivity contribution in [3.8, 4) is 5.75 Å². The van der Waals surface area contributed by atoms with E-state index in [-0.39, 0.29) is 12.4 Å². The molecule has 1 unspecified atom stereocenters. The quantitative estimate of drug-likeness (QED) is 0.697. The van der Waals surface area contributed by atoms with Gasteiger partial charge in [-0.1, -0.05) is 42.5 Å². The van der Waals surface area contributed by atoms with Crippen LogP contribution in [0.4, 0.5) is 4.39 Å². The van der Waals surface area contributed by atoms with Crippen LogP contribution in [0.25, 0.3) is 6.08 Å². The van der Waals surface area contributed by atoms with E-state index in [1.807, 2.05) is 25.1 Å². The summed E-state index contributed by atoms with van der Waals surface area (Å²) < 4.78 is 18.8. The third kappa shape index (κ3) is 6.39. The van der Waals surface area contributed by atoms with E-state index in [4.69, 9.17) is 4.74 Å². The van der Waals surface area contributed by atoms with Crippen LogP contribution in [0.3, 0.4) is 0 Å². The summed E-state index contributed by atoms with van der Waals surface area (Å²) in [6.07, 6.45) is 4.92. The van der Waals surface area contributed by atoms with Crippen LogP contribution in [0, 0.1) is 5.82 Å². The maximum absolute atomic E-state index is 13.0. The molecule has 2 aromatic carbocycles. The Labute approximate surface area is 173 Å². The van der Waals surface area contributed by atoms with E-state index in [9.17, 15) is 9.50 Å². The Morgan fingerprint density at radius 1 is 1.14 bits per heavy atom. The fourth-order valence-corrected chi connectivity index (χ4v) is 3.82. The number of hydrogen-bond acceptors (Lipinski definition) is 4. The molecule has 29 heavy (non-hydrogen) atoms. The summed E-state index contributed by atoms with van der Waals surface area (Å²) in [5.74, 6) is 0.735. The Hall–Kier alpha value is -2.21. The number of piperazine rings is 1. The second kappa shape index (κ2) is 11.1. The molecular weight excluding hydrogens is 367 g/mol. The first-order valence-corrected chi connectivity index (χ1v) is 10.4. The van der Waals surface area contributed by atoms with Gasteiger partial charge in [0.25, 0.3) is 0 Å². The van der Waals surface area contributed by atoms with E-state index in [1.165, 1.54) is 17.7 Å². The highest BCUT2D eigenvalue weighted by atomic mass is 19.1. The summed E-state index contributed by atoms with van der Waals surface area (Å²) >= 11 is 0. The minimum Gasteiger partial charge on any atom is -0.494 e. The second-order valence-electron chi connectivity index (χ2n) is 7.39. The van der Waals surface area contributed by atoms with Crippen molar-refractivity contribution >= 4 is 6.08 Å². The van der Waals surface area contributed by atoms with Crippen LogP contribution in [-0.2, 0) is 6.54 Å². The van der Waals surface area contributed by atoms with Gasteiger partial charge in [0.1, 0.15) is 11.6 Å². The summed E-state index contributed by atoms with van der Waals surface area (Å²) in [6, 6.07) is 15.0. The molecule has 0 bridgehead atoms. The molecule has 3 rings (SSSR count). The average molecular weight is 399 g/mol. The fraction of sp³-hybridized carbons (Fsp3) is 0.417. The molecule has 0 aromatic heterocycles. The van der Waals surface area contributed by atoms with Gasteiger partial charge in [0, 0.05) is 50.9 Å². The molecule has 1 N–H and O–H groups in total. The molecule has 2 aromatic rings. The van der Waals surface area contributed by atoms with Crippen LogP contribution in [0.2, 0.25) is 0 Å². The Bertz CT molecular complexity index is 779. The minimum absolute atomic E-state index is 0.188. The first-order chi connectivity index (χ1) is 14.2. The van der Waals surface area contributed by atoms with Gasteiger partial charge in [-0.2, -0.15) is 0 Å². The number of benzene rings is 2. The zero-order valence-electron chi connectivity index (χ0n) is 17.1. The van der Waals surface area contributed by atoms with Crippen molar-refractivity contribution in [2.75, 3.05) is 39.4 Å². The molecule has 4 nitrogen and oxygen atoms in total. The number of aliphatic hydroxyl groups excluding tert-OH is 1. The molecule has 1 fully saturated rings. The second-order valence-corrected chi connectivity index (χ2v) is 7.39. The maximum atomic E-state index is 13.0. The maximum Gasteiger partial charge on any atom is 0.123 e. The lowest BCUT2D eigenvalue weighted by molar-refractivity contribution is 0.0590. The van der Waals surface area contributed by atoms with Crippen molar-refractivity contribution in [2.24, 2.45) is 0 Å². The van der Waals surface area contributed by atoms with Gasteiger partial charge in [0.2, 0.25) is 0 Å². The molecule has 156 valence electrons. The monoisotopic (exact) mass is 398 g/mol. The highest BCUT2D eigenvalue weighted by Gasteiger charge is 2.26. The number of ether oxygens (including phenoxy) is 1. The molecule has 0 saturated carbocycles.